The number of hydrogen-bond donors (Lipinski definition) is 2. The second kappa shape index (κ2) is 7.06. The van der Waals surface area contributed by atoms with Gasteiger partial charge in [-0.2, -0.15) is 0 Å². The SMILES string of the molecule is COCCNc1ccc(S(=O)(=O)C2CCNCC2)cc1. The maximum Gasteiger partial charge on any atom is 0.181 e. The number of hydrogen-bond acceptors (Lipinski definition) is 5. The van der Waals surface area contributed by atoms with E-state index >= 15 is 0 Å². The van der Waals surface area contributed by atoms with Gasteiger partial charge in [-0.15, -0.1) is 0 Å². The number of rotatable bonds is 6. The largest absolute Gasteiger partial charge is 0.383 e. The van der Waals surface area contributed by atoms with Gasteiger partial charge in [0.25, 0.3) is 0 Å². The van der Waals surface area contributed by atoms with Crippen LogP contribution in [-0.4, -0.2) is 47.0 Å². The summed E-state index contributed by atoms with van der Waals surface area (Å²) in [5, 5.41) is 6.11. The first-order valence-corrected chi connectivity index (χ1v) is 8.46. The molecule has 1 heterocycles. The van der Waals surface area contributed by atoms with Crippen molar-refractivity contribution in [2.24, 2.45) is 0 Å². The molecule has 1 aliphatic heterocycles. The minimum absolute atomic E-state index is 0.254. The van der Waals surface area contributed by atoms with Gasteiger partial charge in [0.15, 0.2) is 9.84 Å². The molecular formula is C14H22N2O3S. The Kier molecular flexibility index (Phi) is 5.39. The molecule has 6 heteroatoms. The quantitative estimate of drug-likeness (QED) is 0.774. The lowest BCUT2D eigenvalue weighted by Gasteiger charge is -2.22. The molecular weight excluding hydrogens is 276 g/mol. The minimum Gasteiger partial charge on any atom is -0.383 e. The van der Waals surface area contributed by atoms with Crippen molar-refractivity contribution in [3.8, 4) is 0 Å². The number of piperidine rings is 1. The summed E-state index contributed by atoms with van der Waals surface area (Å²) < 4.78 is 29.9. The fourth-order valence-corrected chi connectivity index (χ4v) is 4.11. The molecule has 0 atom stereocenters. The summed E-state index contributed by atoms with van der Waals surface area (Å²) in [4.78, 5) is 0.418. The van der Waals surface area contributed by atoms with E-state index in [1.54, 1.807) is 19.2 Å². The van der Waals surface area contributed by atoms with Crippen LogP contribution in [0.4, 0.5) is 5.69 Å². The zero-order valence-electron chi connectivity index (χ0n) is 11.8. The van der Waals surface area contributed by atoms with E-state index in [0.717, 1.165) is 18.8 Å². The first-order valence-electron chi connectivity index (χ1n) is 6.92. The average Bonchev–Trinajstić information content (AvgIpc) is 2.49. The molecule has 0 aliphatic carbocycles. The van der Waals surface area contributed by atoms with Crippen LogP contribution in [-0.2, 0) is 14.6 Å². The van der Waals surface area contributed by atoms with Crippen molar-refractivity contribution in [2.75, 3.05) is 38.7 Å². The summed E-state index contributed by atoms with van der Waals surface area (Å²) in [6, 6.07) is 6.99. The fourth-order valence-electron chi connectivity index (χ4n) is 2.36. The molecule has 0 spiro atoms. The van der Waals surface area contributed by atoms with Gasteiger partial charge in [0.1, 0.15) is 0 Å². The summed E-state index contributed by atoms with van der Waals surface area (Å²) in [5.74, 6) is 0. The van der Waals surface area contributed by atoms with Crippen LogP contribution in [0.2, 0.25) is 0 Å². The summed E-state index contributed by atoms with van der Waals surface area (Å²) in [5.41, 5.74) is 0.909. The van der Waals surface area contributed by atoms with Crippen molar-refractivity contribution in [3.63, 3.8) is 0 Å². The normalized spacial score (nSPS) is 17.1. The topological polar surface area (TPSA) is 67.4 Å². The zero-order valence-corrected chi connectivity index (χ0v) is 12.6. The highest BCUT2D eigenvalue weighted by Crippen LogP contribution is 2.23. The van der Waals surface area contributed by atoms with E-state index in [2.05, 4.69) is 10.6 Å². The summed E-state index contributed by atoms with van der Waals surface area (Å²) in [6.45, 7) is 2.88. The Bertz CT molecular complexity index is 508. The van der Waals surface area contributed by atoms with Crippen LogP contribution in [0.5, 0.6) is 0 Å². The van der Waals surface area contributed by atoms with Gasteiger partial charge in [0, 0.05) is 19.3 Å². The average molecular weight is 298 g/mol. The molecule has 1 saturated heterocycles. The van der Waals surface area contributed by atoms with Crippen LogP contribution in [0.1, 0.15) is 12.8 Å². The Labute approximate surface area is 120 Å². The highest BCUT2D eigenvalue weighted by Gasteiger charge is 2.28. The predicted octanol–water partition coefficient (Wildman–Crippen LogP) is 1.27. The minimum atomic E-state index is -3.20. The third-order valence-electron chi connectivity index (χ3n) is 3.54. The molecule has 112 valence electrons. The highest BCUT2D eigenvalue weighted by atomic mass is 32.2. The molecule has 0 amide bonds. The lowest BCUT2D eigenvalue weighted by Crippen LogP contribution is -2.35. The number of methoxy groups -OCH3 is 1. The molecule has 1 aromatic rings. The summed E-state index contributed by atoms with van der Waals surface area (Å²) in [6.07, 6.45) is 1.38. The van der Waals surface area contributed by atoms with Crippen molar-refractivity contribution in [3.05, 3.63) is 24.3 Å². The first kappa shape index (κ1) is 15.3. The lowest BCUT2D eigenvalue weighted by atomic mass is 10.2. The van der Waals surface area contributed by atoms with Gasteiger partial charge in [0.2, 0.25) is 0 Å². The van der Waals surface area contributed by atoms with Crippen molar-refractivity contribution in [2.45, 2.75) is 23.0 Å². The summed E-state index contributed by atoms with van der Waals surface area (Å²) in [7, 11) is -1.55. The van der Waals surface area contributed by atoms with E-state index in [4.69, 9.17) is 4.74 Å². The number of anilines is 1. The second-order valence-electron chi connectivity index (χ2n) is 4.94. The zero-order chi connectivity index (χ0) is 14.4. The molecule has 0 bridgehead atoms. The van der Waals surface area contributed by atoms with Gasteiger partial charge in [0.05, 0.1) is 16.8 Å². The number of benzene rings is 1. The monoisotopic (exact) mass is 298 g/mol. The van der Waals surface area contributed by atoms with Crippen molar-refractivity contribution in [1.29, 1.82) is 0 Å². The maximum absolute atomic E-state index is 12.5. The van der Waals surface area contributed by atoms with E-state index in [-0.39, 0.29) is 5.25 Å². The molecule has 0 radical (unpaired) electrons. The van der Waals surface area contributed by atoms with Crippen LogP contribution in [0.3, 0.4) is 0 Å². The van der Waals surface area contributed by atoms with Crippen molar-refractivity contribution >= 4 is 15.5 Å². The molecule has 2 rings (SSSR count). The van der Waals surface area contributed by atoms with E-state index < -0.39 is 9.84 Å². The Balaban J connectivity index is 2.04. The van der Waals surface area contributed by atoms with Crippen LogP contribution < -0.4 is 10.6 Å². The van der Waals surface area contributed by atoms with Gasteiger partial charge in [-0.3, -0.25) is 0 Å². The van der Waals surface area contributed by atoms with Gasteiger partial charge in [-0.25, -0.2) is 8.42 Å². The second-order valence-corrected chi connectivity index (χ2v) is 7.17. The van der Waals surface area contributed by atoms with E-state index in [0.29, 0.717) is 30.9 Å². The van der Waals surface area contributed by atoms with E-state index in [9.17, 15) is 8.42 Å². The Morgan fingerprint density at radius 3 is 2.50 bits per heavy atom. The third-order valence-corrected chi connectivity index (χ3v) is 5.82. The molecule has 20 heavy (non-hydrogen) atoms. The molecule has 2 N–H and O–H groups in total. The Hall–Kier alpha value is -1.11. The Morgan fingerprint density at radius 1 is 1.25 bits per heavy atom. The van der Waals surface area contributed by atoms with Crippen LogP contribution >= 0.6 is 0 Å². The van der Waals surface area contributed by atoms with Crippen LogP contribution in [0.15, 0.2) is 29.2 Å². The van der Waals surface area contributed by atoms with Gasteiger partial charge < -0.3 is 15.4 Å². The Morgan fingerprint density at radius 2 is 1.90 bits per heavy atom. The fraction of sp³-hybridized carbons (Fsp3) is 0.571. The van der Waals surface area contributed by atoms with Gasteiger partial charge in [-0.1, -0.05) is 0 Å². The van der Waals surface area contributed by atoms with Gasteiger partial charge in [-0.05, 0) is 50.2 Å². The molecule has 0 unspecified atom stereocenters. The number of ether oxygens (including phenoxy) is 1. The predicted molar refractivity (Wildman–Crippen MR) is 79.9 cm³/mol. The third kappa shape index (κ3) is 3.71. The molecule has 0 aromatic heterocycles. The van der Waals surface area contributed by atoms with Crippen LogP contribution in [0, 0.1) is 0 Å². The summed E-state index contributed by atoms with van der Waals surface area (Å²) >= 11 is 0. The maximum atomic E-state index is 12.5. The molecule has 1 aromatic carbocycles. The van der Waals surface area contributed by atoms with Crippen molar-refractivity contribution < 1.29 is 13.2 Å². The molecule has 5 nitrogen and oxygen atoms in total. The van der Waals surface area contributed by atoms with E-state index in [1.807, 2.05) is 12.1 Å². The highest BCUT2D eigenvalue weighted by molar-refractivity contribution is 7.92. The lowest BCUT2D eigenvalue weighted by molar-refractivity contribution is 0.211. The first-order chi connectivity index (χ1) is 9.64. The smallest absolute Gasteiger partial charge is 0.181 e. The van der Waals surface area contributed by atoms with Gasteiger partial charge >= 0.3 is 0 Å². The van der Waals surface area contributed by atoms with Crippen LogP contribution in [0.25, 0.3) is 0 Å². The number of nitrogens with one attached hydrogen (secondary N) is 2. The van der Waals surface area contributed by atoms with Crippen molar-refractivity contribution in [1.82, 2.24) is 5.32 Å². The molecule has 1 aliphatic rings. The van der Waals surface area contributed by atoms with E-state index in [1.165, 1.54) is 0 Å². The number of sulfone groups is 1. The molecule has 1 fully saturated rings. The molecule has 0 saturated carbocycles. The standard InChI is InChI=1S/C14H22N2O3S/c1-19-11-10-16-12-2-4-13(5-3-12)20(17,18)14-6-8-15-9-7-14/h2-5,14-16H,6-11H2,1H3.